The summed E-state index contributed by atoms with van der Waals surface area (Å²) in [5.41, 5.74) is 12.6. The standard InChI is InChI=1S/C40H29N3/c1-40(2)35-17-9-8-16-32(35)33-19-18-27(23-36(33)40)29-20-21-34(31-15-7-6-14-30(29)31)38-24-37(28-13-10-22-41-25-28)42-39(43-38)26-11-4-3-5-12-26/h3-25H,1-2H3. The Bertz CT molecular complexity index is 2090. The molecule has 0 bridgehead atoms. The van der Waals surface area contributed by atoms with E-state index in [1.807, 2.05) is 36.5 Å². The van der Waals surface area contributed by atoms with E-state index in [4.69, 9.17) is 9.97 Å². The molecule has 0 saturated heterocycles. The van der Waals surface area contributed by atoms with E-state index < -0.39 is 0 Å². The summed E-state index contributed by atoms with van der Waals surface area (Å²) in [4.78, 5) is 14.4. The van der Waals surface area contributed by atoms with Gasteiger partial charge in [-0.3, -0.25) is 4.98 Å². The van der Waals surface area contributed by atoms with E-state index in [0.29, 0.717) is 5.82 Å². The smallest absolute Gasteiger partial charge is 0.160 e. The molecular formula is C40H29N3. The van der Waals surface area contributed by atoms with Crippen LogP contribution in [0.2, 0.25) is 0 Å². The van der Waals surface area contributed by atoms with E-state index in [9.17, 15) is 0 Å². The lowest BCUT2D eigenvalue weighted by atomic mass is 9.81. The van der Waals surface area contributed by atoms with Gasteiger partial charge in [0, 0.05) is 34.5 Å². The summed E-state index contributed by atoms with van der Waals surface area (Å²) in [5.74, 6) is 0.700. The van der Waals surface area contributed by atoms with Crippen molar-refractivity contribution in [2.24, 2.45) is 0 Å². The third kappa shape index (κ3) is 4.16. The van der Waals surface area contributed by atoms with Crippen LogP contribution in [0.1, 0.15) is 25.0 Å². The number of hydrogen-bond donors (Lipinski definition) is 0. The maximum Gasteiger partial charge on any atom is 0.160 e. The molecule has 0 unspecified atom stereocenters. The second kappa shape index (κ2) is 9.85. The third-order valence-electron chi connectivity index (χ3n) is 8.81. The Hall–Kier alpha value is -5.41. The van der Waals surface area contributed by atoms with E-state index >= 15 is 0 Å². The molecular weight excluding hydrogens is 522 g/mol. The number of hydrogen-bond acceptors (Lipinski definition) is 3. The number of aromatic nitrogens is 3. The Morgan fingerprint density at radius 2 is 1.12 bits per heavy atom. The SMILES string of the molecule is CC1(C)c2ccccc2-c2ccc(-c3ccc(-c4cc(-c5cccnc5)nc(-c5ccccc5)n4)c4ccccc34)cc21. The van der Waals surface area contributed by atoms with Crippen LogP contribution in [0.15, 0.2) is 140 Å². The van der Waals surface area contributed by atoms with E-state index in [-0.39, 0.29) is 5.41 Å². The van der Waals surface area contributed by atoms with Crippen molar-refractivity contribution < 1.29 is 0 Å². The van der Waals surface area contributed by atoms with Crippen molar-refractivity contribution in [1.82, 2.24) is 15.0 Å². The zero-order valence-electron chi connectivity index (χ0n) is 24.1. The quantitative estimate of drug-likeness (QED) is 0.218. The Morgan fingerprint density at radius 1 is 0.465 bits per heavy atom. The Balaban J connectivity index is 1.30. The Kier molecular flexibility index (Phi) is 5.80. The van der Waals surface area contributed by atoms with E-state index in [0.717, 1.165) is 33.5 Å². The number of rotatable bonds is 4. The molecule has 1 aliphatic carbocycles. The fraction of sp³-hybridized carbons (Fsp3) is 0.0750. The first kappa shape index (κ1) is 25.3. The maximum absolute atomic E-state index is 5.11. The minimum atomic E-state index is -0.0465. The molecule has 1 aliphatic rings. The van der Waals surface area contributed by atoms with E-state index in [2.05, 4.69) is 116 Å². The molecule has 7 aromatic rings. The van der Waals surface area contributed by atoms with Crippen molar-refractivity contribution in [1.29, 1.82) is 0 Å². The maximum atomic E-state index is 5.11. The normalized spacial score (nSPS) is 13.1. The van der Waals surface area contributed by atoms with Gasteiger partial charge in [0.1, 0.15) is 0 Å². The lowest BCUT2D eigenvalue weighted by Crippen LogP contribution is -2.14. The van der Waals surface area contributed by atoms with Crippen LogP contribution in [0.3, 0.4) is 0 Å². The zero-order chi connectivity index (χ0) is 29.0. The molecule has 5 aromatic carbocycles. The van der Waals surface area contributed by atoms with Crippen LogP contribution >= 0.6 is 0 Å². The molecule has 2 aromatic heterocycles. The monoisotopic (exact) mass is 551 g/mol. The number of nitrogens with zero attached hydrogens (tertiary/aromatic N) is 3. The lowest BCUT2D eigenvalue weighted by Gasteiger charge is -2.22. The molecule has 3 nitrogen and oxygen atoms in total. The largest absolute Gasteiger partial charge is 0.264 e. The molecule has 0 saturated carbocycles. The molecule has 0 amide bonds. The minimum Gasteiger partial charge on any atom is -0.264 e. The van der Waals surface area contributed by atoms with Gasteiger partial charge in [0.05, 0.1) is 11.4 Å². The van der Waals surface area contributed by atoms with Crippen LogP contribution in [0.4, 0.5) is 0 Å². The molecule has 43 heavy (non-hydrogen) atoms. The summed E-state index contributed by atoms with van der Waals surface area (Å²) in [5, 5.41) is 2.37. The molecule has 0 aliphatic heterocycles. The van der Waals surface area contributed by atoms with Crippen molar-refractivity contribution in [3.05, 3.63) is 151 Å². The lowest BCUT2D eigenvalue weighted by molar-refractivity contribution is 0.660. The van der Waals surface area contributed by atoms with Crippen molar-refractivity contribution in [2.45, 2.75) is 19.3 Å². The molecule has 0 radical (unpaired) electrons. The summed E-state index contributed by atoms with van der Waals surface area (Å²) < 4.78 is 0. The highest BCUT2D eigenvalue weighted by Gasteiger charge is 2.35. The van der Waals surface area contributed by atoms with Gasteiger partial charge in [-0.05, 0) is 68.4 Å². The molecule has 0 atom stereocenters. The van der Waals surface area contributed by atoms with Crippen LogP contribution in [-0.2, 0) is 5.41 Å². The van der Waals surface area contributed by atoms with Gasteiger partial charge in [0.2, 0.25) is 0 Å². The highest BCUT2D eigenvalue weighted by Crippen LogP contribution is 2.50. The van der Waals surface area contributed by atoms with E-state index in [1.165, 1.54) is 38.8 Å². The zero-order valence-corrected chi connectivity index (χ0v) is 24.1. The van der Waals surface area contributed by atoms with Gasteiger partial charge < -0.3 is 0 Å². The molecule has 204 valence electrons. The summed E-state index contributed by atoms with van der Waals surface area (Å²) in [7, 11) is 0. The van der Waals surface area contributed by atoms with Crippen LogP contribution in [0.25, 0.3) is 66.9 Å². The average molecular weight is 552 g/mol. The van der Waals surface area contributed by atoms with Crippen molar-refractivity contribution in [2.75, 3.05) is 0 Å². The van der Waals surface area contributed by atoms with Gasteiger partial charge in [0.25, 0.3) is 0 Å². The second-order valence-corrected chi connectivity index (χ2v) is 11.7. The summed E-state index contributed by atoms with van der Waals surface area (Å²) in [6.45, 7) is 4.67. The summed E-state index contributed by atoms with van der Waals surface area (Å²) in [6, 6.07) is 45.2. The number of benzene rings is 5. The average Bonchev–Trinajstić information content (AvgIpc) is 3.30. The topological polar surface area (TPSA) is 38.7 Å². The summed E-state index contributed by atoms with van der Waals surface area (Å²) in [6.07, 6.45) is 3.64. The van der Waals surface area contributed by atoms with Crippen LogP contribution in [0, 0.1) is 0 Å². The second-order valence-electron chi connectivity index (χ2n) is 11.7. The van der Waals surface area contributed by atoms with Crippen molar-refractivity contribution >= 4 is 10.8 Å². The summed E-state index contributed by atoms with van der Waals surface area (Å²) >= 11 is 0. The first-order chi connectivity index (χ1) is 21.1. The van der Waals surface area contributed by atoms with Crippen LogP contribution < -0.4 is 0 Å². The van der Waals surface area contributed by atoms with Gasteiger partial charge >= 0.3 is 0 Å². The third-order valence-corrected chi connectivity index (χ3v) is 8.81. The molecule has 8 rings (SSSR count). The van der Waals surface area contributed by atoms with Crippen molar-refractivity contribution in [3.63, 3.8) is 0 Å². The Morgan fingerprint density at radius 3 is 1.93 bits per heavy atom. The Labute approximate surface area is 251 Å². The fourth-order valence-electron chi connectivity index (χ4n) is 6.61. The minimum absolute atomic E-state index is 0.0465. The highest BCUT2D eigenvalue weighted by molar-refractivity contribution is 6.05. The fourth-order valence-corrected chi connectivity index (χ4v) is 6.61. The number of fused-ring (bicyclic) bond motifs is 4. The van der Waals surface area contributed by atoms with Gasteiger partial charge in [-0.1, -0.05) is 117 Å². The van der Waals surface area contributed by atoms with Gasteiger partial charge in [0.15, 0.2) is 5.82 Å². The first-order valence-corrected chi connectivity index (χ1v) is 14.7. The van der Waals surface area contributed by atoms with E-state index in [1.54, 1.807) is 6.20 Å². The molecule has 0 spiro atoms. The van der Waals surface area contributed by atoms with Gasteiger partial charge in [-0.15, -0.1) is 0 Å². The number of pyridine rings is 1. The van der Waals surface area contributed by atoms with Crippen molar-refractivity contribution in [3.8, 4) is 56.2 Å². The molecule has 2 heterocycles. The van der Waals surface area contributed by atoms with Gasteiger partial charge in [-0.25, -0.2) is 9.97 Å². The molecule has 0 N–H and O–H groups in total. The predicted molar refractivity (Wildman–Crippen MR) is 177 cm³/mol. The van der Waals surface area contributed by atoms with Crippen LogP contribution in [0.5, 0.6) is 0 Å². The van der Waals surface area contributed by atoms with Gasteiger partial charge in [-0.2, -0.15) is 0 Å². The molecule has 0 fully saturated rings. The highest BCUT2D eigenvalue weighted by atomic mass is 14.9. The first-order valence-electron chi connectivity index (χ1n) is 14.7. The van der Waals surface area contributed by atoms with Crippen LogP contribution in [-0.4, -0.2) is 15.0 Å². The predicted octanol–water partition coefficient (Wildman–Crippen LogP) is 10.00. The molecule has 3 heteroatoms.